The minimum Gasteiger partial charge on any atom is -0.394 e. The number of imidazole rings is 2. The van der Waals surface area contributed by atoms with Gasteiger partial charge in [-0.1, -0.05) is 0 Å². The smallest absolute Gasteiger partial charge is 0.394 e. The lowest BCUT2D eigenvalue weighted by Crippen LogP contribution is -2.37. The van der Waals surface area contributed by atoms with Gasteiger partial charge in [-0.25, -0.2) is 34.5 Å². The molecule has 6 heterocycles. The Hall–Kier alpha value is -3.24. The van der Waals surface area contributed by atoms with Gasteiger partial charge in [-0.15, -0.1) is 0 Å². The van der Waals surface area contributed by atoms with Crippen LogP contribution < -0.4 is 11.5 Å². The second kappa shape index (κ2) is 12.5. The van der Waals surface area contributed by atoms with E-state index in [0.29, 0.717) is 0 Å². The molecule has 2 aliphatic rings. The number of ether oxygens (including phenoxy) is 3. The Morgan fingerprint density at radius 1 is 0.889 bits per heavy atom. The largest absolute Gasteiger partial charge is 0.472 e. The summed E-state index contributed by atoms with van der Waals surface area (Å²) in [6.45, 7) is -1.41. The highest BCUT2D eigenvalue weighted by molar-refractivity contribution is 7.47. The zero-order chi connectivity index (χ0) is 32.0. The molecule has 244 valence electrons. The predicted molar refractivity (Wildman–Crippen MR) is 148 cm³/mol. The minimum absolute atomic E-state index is 0.0459. The molecule has 6 unspecified atom stereocenters. The summed E-state index contributed by atoms with van der Waals surface area (Å²) in [6, 6.07) is 0. The van der Waals surface area contributed by atoms with Crippen LogP contribution >= 0.6 is 15.9 Å². The summed E-state index contributed by atoms with van der Waals surface area (Å²) in [5, 5.41) is 31.6. The summed E-state index contributed by atoms with van der Waals surface area (Å²) in [7, 11) is -8.23. The quantitative estimate of drug-likeness (QED) is 0.0819. The van der Waals surface area contributed by atoms with E-state index >= 15 is 0 Å². The van der Waals surface area contributed by atoms with Crippen LogP contribution in [0.5, 0.6) is 0 Å². The van der Waals surface area contributed by atoms with Gasteiger partial charge in [0.25, 0.3) is 0 Å². The highest BCUT2D eigenvalue weighted by atomic mass is 31.2. The van der Waals surface area contributed by atoms with E-state index in [-0.39, 0.29) is 34.0 Å². The Kier molecular flexibility index (Phi) is 8.82. The van der Waals surface area contributed by atoms with Crippen LogP contribution in [0.15, 0.2) is 25.3 Å². The molecule has 0 saturated carbocycles. The zero-order valence-electron chi connectivity index (χ0n) is 22.8. The lowest BCUT2D eigenvalue weighted by Gasteiger charge is -2.25. The number of fused-ring (bicyclic) bond motifs is 2. The molecule has 10 atom stereocenters. The molecule has 0 spiro atoms. The summed E-state index contributed by atoms with van der Waals surface area (Å²) in [4.78, 5) is 44.1. The summed E-state index contributed by atoms with van der Waals surface area (Å²) >= 11 is 0. The van der Waals surface area contributed by atoms with Gasteiger partial charge in [-0.2, -0.15) is 0 Å². The molecule has 2 fully saturated rings. The fourth-order valence-electron chi connectivity index (χ4n) is 5.13. The molecule has 4 aromatic rings. The minimum atomic E-state index is -5.08. The van der Waals surface area contributed by atoms with Crippen molar-refractivity contribution in [3.05, 3.63) is 25.3 Å². The van der Waals surface area contributed by atoms with Gasteiger partial charge >= 0.3 is 7.82 Å². The number of nitrogens with zero attached hydrogens (tertiary/aromatic N) is 8. The molecule has 2 aliphatic heterocycles. The first kappa shape index (κ1) is 31.7. The first-order valence-electron chi connectivity index (χ1n) is 13.1. The Morgan fingerprint density at radius 2 is 1.47 bits per heavy atom. The number of hydrogen-bond donors (Lipinski definition) is 7. The van der Waals surface area contributed by atoms with Gasteiger partial charge < -0.3 is 50.8 Å². The van der Waals surface area contributed by atoms with Crippen LogP contribution in [0.2, 0.25) is 0 Å². The summed E-state index contributed by atoms with van der Waals surface area (Å²) in [6.07, 6.45) is -6.94. The molecule has 0 aromatic carbocycles. The monoisotopic (exact) mass is 674 g/mol. The van der Waals surface area contributed by atoms with Gasteiger partial charge in [-0.3, -0.25) is 22.7 Å². The topological polar surface area (TPSA) is 321 Å². The number of nitrogens with two attached hydrogens (primary N) is 2. The van der Waals surface area contributed by atoms with Crippen LogP contribution in [0.3, 0.4) is 0 Å². The van der Waals surface area contributed by atoms with Gasteiger partial charge in [0, 0.05) is 0 Å². The molecular formula is C21H28N10O12P2. The average molecular weight is 674 g/mol. The number of nitrogen functional groups attached to an aromatic ring is 2. The standard InChI is InChI=1S/C21H28N10O12P2/c22-16-10-18(26-3-24-16)30(5-28-10)20-13(34)14(39-7-44(35)36)9(42-20)2-40-45(37,38)43-15-12(33)8(1-32)41-21(15)31-6-29-11-17(23)25-4-27-19(11)31/h3-6,8-9,12-15,20-21,32-34,44H,1-2,7H2,(H,35,36)(H,37,38)(H2,22,24,26)(H2,23,25,27)/t8-,9-,12?,13?,14?,15?,20-,21-/m1/s1. The molecule has 45 heavy (non-hydrogen) atoms. The molecule has 24 heteroatoms. The van der Waals surface area contributed by atoms with E-state index in [2.05, 4.69) is 29.9 Å². The number of rotatable bonds is 11. The summed E-state index contributed by atoms with van der Waals surface area (Å²) in [5.41, 5.74) is 12.4. The van der Waals surface area contributed by atoms with E-state index in [4.69, 9.17) is 34.7 Å². The van der Waals surface area contributed by atoms with Crippen LogP contribution in [0.25, 0.3) is 22.3 Å². The molecule has 4 aromatic heterocycles. The van der Waals surface area contributed by atoms with Crippen molar-refractivity contribution in [2.24, 2.45) is 0 Å². The van der Waals surface area contributed by atoms with E-state index in [1.54, 1.807) is 0 Å². The Bertz CT molecular complexity index is 1760. The van der Waals surface area contributed by atoms with Crippen LogP contribution in [-0.2, 0) is 32.4 Å². The van der Waals surface area contributed by atoms with E-state index in [9.17, 15) is 34.2 Å². The maximum Gasteiger partial charge on any atom is 0.472 e. The highest BCUT2D eigenvalue weighted by Crippen LogP contribution is 2.50. The maximum absolute atomic E-state index is 13.2. The van der Waals surface area contributed by atoms with E-state index < -0.39 is 84.5 Å². The molecule has 2 saturated heterocycles. The molecular weight excluding hydrogens is 646 g/mol. The molecule has 0 aliphatic carbocycles. The zero-order valence-corrected chi connectivity index (χ0v) is 24.7. The number of phosphoric ester groups is 1. The third-order valence-electron chi connectivity index (χ3n) is 7.18. The van der Waals surface area contributed by atoms with Crippen molar-refractivity contribution in [2.45, 2.75) is 49.1 Å². The van der Waals surface area contributed by atoms with Crippen LogP contribution in [0.4, 0.5) is 11.6 Å². The van der Waals surface area contributed by atoms with Gasteiger partial charge in [0.15, 0.2) is 35.4 Å². The number of aromatic nitrogens is 8. The molecule has 9 N–H and O–H groups in total. The number of anilines is 2. The van der Waals surface area contributed by atoms with Crippen LogP contribution in [0, 0.1) is 0 Å². The van der Waals surface area contributed by atoms with E-state index in [1.807, 2.05) is 0 Å². The van der Waals surface area contributed by atoms with Gasteiger partial charge in [-0.05, 0) is 0 Å². The van der Waals surface area contributed by atoms with Crippen molar-refractivity contribution in [3.63, 3.8) is 0 Å². The Labute approximate surface area is 252 Å². The van der Waals surface area contributed by atoms with Gasteiger partial charge in [0.05, 0.1) is 25.9 Å². The predicted octanol–water partition coefficient (Wildman–Crippen LogP) is -2.35. The number of phosphoric acid groups is 1. The van der Waals surface area contributed by atoms with Crippen molar-refractivity contribution in [1.29, 1.82) is 0 Å². The lowest BCUT2D eigenvalue weighted by molar-refractivity contribution is -0.0649. The fraction of sp³-hybridized carbons (Fsp3) is 0.524. The van der Waals surface area contributed by atoms with Crippen LogP contribution in [0.1, 0.15) is 12.5 Å². The van der Waals surface area contributed by atoms with Crippen molar-refractivity contribution in [2.75, 3.05) is 31.0 Å². The second-order valence-corrected chi connectivity index (χ2v) is 12.4. The normalized spacial score (nSPS) is 30.7. The SMILES string of the molecule is Nc1ncnc2c1ncn2[C@@H]1O[C@H](COP(=O)(O)OC2C(O)[C@@H](CO)O[C@H]2n2cnc3c(N)ncnc32)C(OC[PH](=O)O)C1O. The average Bonchev–Trinajstić information content (AvgIpc) is 3.76. The third-order valence-corrected chi connectivity index (χ3v) is 8.58. The van der Waals surface area contributed by atoms with Crippen molar-refractivity contribution in [1.82, 2.24) is 39.0 Å². The fourth-order valence-corrected chi connectivity index (χ4v) is 6.40. The summed E-state index contributed by atoms with van der Waals surface area (Å²) < 4.78 is 54.7. The van der Waals surface area contributed by atoms with Crippen LogP contribution in [-0.4, -0.2) is 120 Å². The first-order valence-corrected chi connectivity index (χ1v) is 16.2. The lowest BCUT2D eigenvalue weighted by atomic mass is 10.1. The molecule has 0 radical (unpaired) electrons. The number of hydrogen-bond acceptors (Lipinski definition) is 18. The van der Waals surface area contributed by atoms with Gasteiger partial charge in [0.2, 0.25) is 8.03 Å². The van der Waals surface area contributed by atoms with Crippen molar-refractivity contribution >= 4 is 49.8 Å². The molecule has 0 amide bonds. The molecule has 0 bridgehead atoms. The molecule has 6 rings (SSSR count). The Balaban J connectivity index is 1.21. The highest BCUT2D eigenvalue weighted by Gasteiger charge is 2.51. The van der Waals surface area contributed by atoms with Crippen molar-refractivity contribution in [3.8, 4) is 0 Å². The van der Waals surface area contributed by atoms with Gasteiger partial charge in [0.1, 0.15) is 66.7 Å². The molecule has 22 nitrogen and oxygen atoms in total. The van der Waals surface area contributed by atoms with Crippen molar-refractivity contribution < 1.29 is 57.5 Å². The number of aliphatic hydroxyl groups excluding tert-OH is 3. The maximum atomic E-state index is 13.2. The third kappa shape index (κ3) is 6.03. The van der Waals surface area contributed by atoms with E-state index in [1.165, 1.54) is 28.1 Å². The van der Waals surface area contributed by atoms with E-state index in [0.717, 1.165) is 6.33 Å². The first-order chi connectivity index (χ1) is 21.5. The summed E-state index contributed by atoms with van der Waals surface area (Å²) in [5.74, 6) is 0.111. The second-order valence-electron chi connectivity index (χ2n) is 9.96. The Morgan fingerprint density at radius 3 is 2.04 bits per heavy atom. The number of aliphatic hydroxyl groups is 3.